The van der Waals surface area contributed by atoms with Crippen LogP contribution in [0.3, 0.4) is 0 Å². The van der Waals surface area contributed by atoms with Crippen molar-refractivity contribution in [1.29, 1.82) is 0 Å². The molecular formula is C18H22N4O. The second kappa shape index (κ2) is 6.36. The Morgan fingerprint density at radius 2 is 2.04 bits per heavy atom. The van der Waals surface area contributed by atoms with Crippen molar-refractivity contribution in [2.45, 2.75) is 25.8 Å². The zero-order chi connectivity index (χ0) is 16.4. The summed E-state index contributed by atoms with van der Waals surface area (Å²) in [6.07, 6.45) is 5.69. The van der Waals surface area contributed by atoms with Crippen LogP contribution < -0.4 is 10.2 Å². The number of anilines is 1. The van der Waals surface area contributed by atoms with Crippen LogP contribution in [0.5, 0.6) is 0 Å². The zero-order valence-corrected chi connectivity index (χ0v) is 13.8. The Kier molecular flexibility index (Phi) is 4.28. The van der Waals surface area contributed by atoms with Gasteiger partial charge in [-0.25, -0.2) is 4.98 Å². The van der Waals surface area contributed by atoms with E-state index in [1.54, 1.807) is 12.4 Å². The van der Waals surface area contributed by atoms with Gasteiger partial charge < -0.3 is 10.2 Å². The Balaban J connectivity index is 1.78. The van der Waals surface area contributed by atoms with Crippen LogP contribution in [0, 0.1) is 12.8 Å². The molecule has 0 saturated heterocycles. The highest BCUT2D eigenvalue weighted by Crippen LogP contribution is 2.41. The molecule has 1 fully saturated rings. The Labute approximate surface area is 136 Å². The van der Waals surface area contributed by atoms with Crippen molar-refractivity contribution < 1.29 is 4.79 Å². The van der Waals surface area contributed by atoms with E-state index in [1.165, 1.54) is 0 Å². The normalized spacial score (nSPS) is 15.1. The molecule has 0 unspecified atom stereocenters. The molecule has 2 aromatic rings. The number of nitrogens with one attached hydrogen (secondary N) is 1. The average Bonchev–Trinajstić information content (AvgIpc) is 3.38. The molecule has 2 aromatic heterocycles. The van der Waals surface area contributed by atoms with Gasteiger partial charge in [0.2, 0.25) is 0 Å². The van der Waals surface area contributed by atoms with Crippen LogP contribution in [0.2, 0.25) is 0 Å². The van der Waals surface area contributed by atoms with Gasteiger partial charge >= 0.3 is 0 Å². The van der Waals surface area contributed by atoms with E-state index in [2.05, 4.69) is 15.3 Å². The summed E-state index contributed by atoms with van der Waals surface area (Å²) in [5, 5.41) is 3.15. The topological polar surface area (TPSA) is 58.1 Å². The number of nitrogens with zero attached hydrogens (tertiary/aromatic N) is 3. The highest BCUT2D eigenvalue weighted by atomic mass is 16.1. The van der Waals surface area contributed by atoms with Crippen LogP contribution in [0.1, 0.15) is 40.5 Å². The molecule has 5 nitrogen and oxygen atoms in total. The van der Waals surface area contributed by atoms with E-state index in [0.29, 0.717) is 11.5 Å². The number of aryl methyl sites for hydroxylation is 1. The number of pyridine rings is 2. The van der Waals surface area contributed by atoms with E-state index < -0.39 is 0 Å². The number of rotatable bonds is 5. The summed E-state index contributed by atoms with van der Waals surface area (Å²) < 4.78 is 0. The highest BCUT2D eigenvalue weighted by Gasteiger charge is 2.35. The van der Waals surface area contributed by atoms with Gasteiger partial charge in [-0.2, -0.15) is 0 Å². The lowest BCUT2D eigenvalue weighted by Gasteiger charge is -2.20. The van der Waals surface area contributed by atoms with Gasteiger partial charge in [0.1, 0.15) is 5.82 Å². The van der Waals surface area contributed by atoms with Gasteiger partial charge in [-0.3, -0.25) is 9.78 Å². The van der Waals surface area contributed by atoms with E-state index in [9.17, 15) is 4.79 Å². The molecule has 1 aliphatic carbocycles. The summed E-state index contributed by atoms with van der Waals surface area (Å²) in [5.41, 5.74) is 2.67. The molecule has 0 bridgehead atoms. The SMILES string of the molecule is Cc1cccnc1[C@H](NC(=O)c1ccc(N(C)C)nc1)C1CC1. The van der Waals surface area contributed by atoms with Gasteiger partial charge in [0, 0.05) is 26.5 Å². The van der Waals surface area contributed by atoms with Crippen molar-refractivity contribution in [1.82, 2.24) is 15.3 Å². The monoisotopic (exact) mass is 310 g/mol. The summed E-state index contributed by atoms with van der Waals surface area (Å²) >= 11 is 0. The van der Waals surface area contributed by atoms with Crippen LogP contribution in [0.15, 0.2) is 36.7 Å². The van der Waals surface area contributed by atoms with Gasteiger partial charge in [0.15, 0.2) is 0 Å². The van der Waals surface area contributed by atoms with Crippen LogP contribution >= 0.6 is 0 Å². The molecule has 1 saturated carbocycles. The van der Waals surface area contributed by atoms with E-state index >= 15 is 0 Å². The Morgan fingerprint density at radius 1 is 1.26 bits per heavy atom. The average molecular weight is 310 g/mol. The molecule has 0 aromatic carbocycles. The van der Waals surface area contributed by atoms with Crippen LogP contribution in [0.4, 0.5) is 5.82 Å². The van der Waals surface area contributed by atoms with Crippen molar-refractivity contribution in [2.75, 3.05) is 19.0 Å². The van der Waals surface area contributed by atoms with Gasteiger partial charge in [0.05, 0.1) is 17.3 Å². The molecule has 0 spiro atoms. The molecule has 0 radical (unpaired) electrons. The fourth-order valence-corrected chi connectivity index (χ4v) is 2.67. The second-order valence-electron chi connectivity index (χ2n) is 6.29. The minimum Gasteiger partial charge on any atom is -0.363 e. The summed E-state index contributed by atoms with van der Waals surface area (Å²) in [5.74, 6) is 1.23. The molecule has 5 heteroatoms. The minimum atomic E-state index is -0.0928. The molecule has 1 atom stereocenters. The molecular weight excluding hydrogens is 288 g/mol. The van der Waals surface area contributed by atoms with Gasteiger partial charge in [-0.05, 0) is 49.4 Å². The summed E-state index contributed by atoms with van der Waals surface area (Å²) in [4.78, 5) is 23.3. The Bertz CT molecular complexity index is 692. The van der Waals surface area contributed by atoms with Crippen LogP contribution in [-0.4, -0.2) is 30.0 Å². The third-order valence-corrected chi connectivity index (χ3v) is 4.19. The number of carbonyl (C=O) groups is 1. The number of amides is 1. The standard InChI is InChI=1S/C18H22N4O/c1-12-5-4-10-19-16(12)17(13-6-7-13)21-18(23)14-8-9-15(20-11-14)22(2)3/h4-5,8-11,13,17H,6-7H2,1-3H3,(H,21,23)/t17-/m1/s1. The predicted octanol–water partition coefficient (Wildman–Crippen LogP) is 2.73. The molecule has 23 heavy (non-hydrogen) atoms. The third kappa shape index (κ3) is 3.50. The third-order valence-electron chi connectivity index (χ3n) is 4.19. The summed E-state index contributed by atoms with van der Waals surface area (Å²) in [6, 6.07) is 7.61. The first-order valence-electron chi connectivity index (χ1n) is 7.92. The lowest BCUT2D eigenvalue weighted by atomic mass is 10.0. The van der Waals surface area contributed by atoms with E-state index in [4.69, 9.17) is 0 Å². The fourth-order valence-electron chi connectivity index (χ4n) is 2.67. The fraction of sp³-hybridized carbons (Fsp3) is 0.389. The first-order valence-corrected chi connectivity index (χ1v) is 7.92. The summed E-state index contributed by atoms with van der Waals surface area (Å²) in [7, 11) is 3.85. The van der Waals surface area contributed by atoms with Crippen molar-refractivity contribution in [3.63, 3.8) is 0 Å². The zero-order valence-electron chi connectivity index (χ0n) is 13.8. The maximum Gasteiger partial charge on any atom is 0.253 e. The Morgan fingerprint density at radius 3 is 2.61 bits per heavy atom. The van der Waals surface area contributed by atoms with Gasteiger partial charge in [0.25, 0.3) is 5.91 Å². The quantitative estimate of drug-likeness (QED) is 0.922. The summed E-state index contributed by atoms with van der Waals surface area (Å²) in [6.45, 7) is 2.04. The molecule has 1 amide bonds. The Hall–Kier alpha value is -2.43. The van der Waals surface area contributed by atoms with Crippen molar-refractivity contribution in [3.8, 4) is 0 Å². The number of aromatic nitrogens is 2. The molecule has 2 heterocycles. The van der Waals surface area contributed by atoms with Crippen LogP contribution in [0.25, 0.3) is 0 Å². The largest absolute Gasteiger partial charge is 0.363 e. The van der Waals surface area contributed by atoms with Crippen LogP contribution in [-0.2, 0) is 0 Å². The molecule has 1 N–H and O–H groups in total. The first-order chi connectivity index (χ1) is 11.1. The van der Waals surface area contributed by atoms with Gasteiger partial charge in [-0.1, -0.05) is 6.07 Å². The molecule has 3 rings (SSSR count). The smallest absolute Gasteiger partial charge is 0.253 e. The number of hydrogen-bond donors (Lipinski definition) is 1. The van der Waals surface area contributed by atoms with E-state index in [1.807, 2.05) is 50.2 Å². The molecule has 0 aliphatic heterocycles. The number of carbonyl (C=O) groups excluding carboxylic acids is 1. The number of hydrogen-bond acceptors (Lipinski definition) is 4. The van der Waals surface area contributed by atoms with Crippen molar-refractivity contribution in [3.05, 3.63) is 53.5 Å². The van der Waals surface area contributed by atoms with Crippen molar-refractivity contribution >= 4 is 11.7 Å². The van der Waals surface area contributed by atoms with E-state index in [-0.39, 0.29) is 11.9 Å². The maximum atomic E-state index is 12.6. The predicted molar refractivity (Wildman–Crippen MR) is 90.5 cm³/mol. The van der Waals surface area contributed by atoms with Gasteiger partial charge in [-0.15, -0.1) is 0 Å². The van der Waals surface area contributed by atoms with E-state index in [0.717, 1.165) is 29.9 Å². The lowest BCUT2D eigenvalue weighted by Crippen LogP contribution is -2.31. The van der Waals surface area contributed by atoms with Crippen molar-refractivity contribution in [2.24, 2.45) is 5.92 Å². The second-order valence-corrected chi connectivity index (χ2v) is 6.29. The maximum absolute atomic E-state index is 12.6. The molecule has 120 valence electrons. The highest BCUT2D eigenvalue weighted by molar-refractivity contribution is 5.94. The first kappa shape index (κ1) is 15.5. The lowest BCUT2D eigenvalue weighted by molar-refractivity contribution is 0.0930. The molecule has 1 aliphatic rings. The minimum absolute atomic E-state index is 0.0165.